The van der Waals surface area contributed by atoms with Crippen molar-refractivity contribution in [1.29, 1.82) is 0 Å². The van der Waals surface area contributed by atoms with Crippen molar-refractivity contribution in [2.75, 3.05) is 25.8 Å². The molecule has 1 saturated heterocycles. The van der Waals surface area contributed by atoms with Gasteiger partial charge in [-0.05, 0) is 79.9 Å². The zero-order valence-corrected chi connectivity index (χ0v) is 22.7. The number of aliphatic hydroxyl groups excluding tert-OH is 1. The Morgan fingerprint density at radius 2 is 1.74 bits per heavy atom. The lowest BCUT2D eigenvalue weighted by atomic mass is 9.94. The van der Waals surface area contributed by atoms with E-state index in [-0.39, 0.29) is 30.8 Å². The van der Waals surface area contributed by atoms with E-state index in [0.717, 1.165) is 22.4 Å². The number of aryl methyl sites for hydroxylation is 1. The van der Waals surface area contributed by atoms with Gasteiger partial charge in [0.15, 0.2) is 11.5 Å². The van der Waals surface area contributed by atoms with Crippen LogP contribution < -0.4 is 19.1 Å². The molecule has 0 bridgehead atoms. The topological polar surface area (TPSA) is 88.5 Å². The number of Topliss-reactive ketones (excluding diaryl/α,β-unsaturated/α-hetero) is 1. The van der Waals surface area contributed by atoms with Crippen LogP contribution in [0.1, 0.15) is 42.1 Å². The Balaban J connectivity index is 1.59. The Morgan fingerprint density at radius 1 is 1.03 bits per heavy atom. The van der Waals surface area contributed by atoms with Crippen LogP contribution in [0.25, 0.3) is 5.76 Å². The molecule has 0 spiro atoms. The molecule has 8 nitrogen and oxygen atoms in total. The summed E-state index contributed by atoms with van der Waals surface area (Å²) in [5.74, 6) is 0.303. The molecule has 2 heterocycles. The summed E-state index contributed by atoms with van der Waals surface area (Å²) in [4.78, 5) is 30.4. The summed E-state index contributed by atoms with van der Waals surface area (Å²) in [6, 6.07) is 17.5. The van der Waals surface area contributed by atoms with E-state index >= 15 is 0 Å². The molecule has 2 aliphatic heterocycles. The molecule has 0 aromatic heterocycles. The fourth-order valence-electron chi connectivity index (χ4n) is 4.92. The van der Waals surface area contributed by atoms with Gasteiger partial charge in [0.1, 0.15) is 11.5 Å². The lowest BCUT2D eigenvalue weighted by Crippen LogP contribution is -2.29. The van der Waals surface area contributed by atoms with Gasteiger partial charge in [0.2, 0.25) is 6.79 Å². The van der Waals surface area contributed by atoms with Crippen molar-refractivity contribution in [1.82, 2.24) is 4.90 Å². The Labute approximate surface area is 228 Å². The van der Waals surface area contributed by atoms with E-state index in [1.165, 1.54) is 4.90 Å². The number of fused-ring (bicyclic) bond motifs is 1. The van der Waals surface area contributed by atoms with Crippen molar-refractivity contribution in [3.05, 3.63) is 88.5 Å². The van der Waals surface area contributed by atoms with E-state index in [0.29, 0.717) is 22.8 Å². The first-order valence-corrected chi connectivity index (χ1v) is 12.9. The average molecular weight is 529 g/mol. The van der Waals surface area contributed by atoms with E-state index in [2.05, 4.69) is 0 Å². The van der Waals surface area contributed by atoms with Crippen LogP contribution in [-0.2, 0) is 16.1 Å². The van der Waals surface area contributed by atoms with Gasteiger partial charge in [0.05, 0.1) is 17.7 Å². The first-order chi connectivity index (χ1) is 18.6. The number of ketones is 1. The van der Waals surface area contributed by atoms with Crippen LogP contribution >= 0.6 is 0 Å². The molecule has 5 rings (SSSR count). The second-order valence-electron chi connectivity index (χ2n) is 10.2. The van der Waals surface area contributed by atoms with Crippen LogP contribution in [0.2, 0.25) is 0 Å². The van der Waals surface area contributed by atoms with Crippen molar-refractivity contribution in [3.8, 4) is 17.2 Å². The minimum Gasteiger partial charge on any atom is -0.507 e. The number of rotatable bonds is 7. The van der Waals surface area contributed by atoms with E-state index in [1.54, 1.807) is 24.3 Å². The molecule has 1 fully saturated rings. The van der Waals surface area contributed by atoms with Gasteiger partial charge in [-0.3, -0.25) is 9.59 Å². The van der Waals surface area contributed by atoms with Gasteiger partial charge in [-0.2, -0.15) is 0 Å². The molecule has 0 saturated carbocycles. The van der Waals surface area contributed by atoms with Crippen LogP contribution in [0.5, 0.6) is 17.2 Å². The Kier molecular flexibility index (Phi) is 6.95. The summed E-state index contributed by atoms with van der Waals surface area (Å²) in [6.07, 6.45) is -0.00483. The maximum Gasteiger partial charge on any atom is 0.295 e. The number of carbonyl (C=O) groups is 2. The monoisotopic (exact) mass is 528 g/mol. The standard InChI is InChI=1S/C31H32N2O6/c1-18(2)39-24-13-9-22(14-19(24)3)29(34)27-28(21-7-10-23(11-8-21)32(4)5)33(31(36)30(27)35)16-20-6-12-25-26(15-20)38-17-37-25/h6-15,18,28,34H,16-17H2,1-5H3/b29-27+. The molecular formula is C31H32N2O6. The Morgan fingerprint density at radius 3 is 2.41 bits per heavy atom. The fourth-order valence-corrected chi connectivity index (χ4v) is 4.92. The van der Waals surface area contributed by atoms with Gasteiger partial charge >= 0.3 is 0 Å². The highest BCUT2D eigenvalue weighted by molar-refractivity contribution is 6.46. The van der Waals surface area contributed by atoms with Gasteiger partial charge in [-0.25, -0.2) is 0 Å². The number of anilines is 1. The summed E-state index contributed by atoms with van der Waals surface area (Å²) in [7, 11) is 3.88. The highest BCUT2D eigenvalue weighted by Crippen LogP contribution is 2.42. The van der Waals surface area contributed by atoms with Crippen LogP contribution in [0, 0.1) is 6.92 Å². The van der Waals surface area contributed by atoms with E-state index in [9.17, 15) is 14.7 Å². The molecule has 3 aromatic carbocycles. The van der Waals surface area contributed by atoms with Crippen molar-refractivity contribution in [2.45, 2.75) is 39.5 Å². The highest BCUT2D eigenvalue weighted by atomic mass is 16.7. The number of amides is 1. The molecule has 2 aliphatic rings. The number of likely N-dealkylation sites (tertiary alicyclic amines) is 1. The third-order valence-electron chi connectivity index (χ3n) is 6.87. The summed E-state index contributed by atoms with van der Waals surface area (Å²) >= 11 is 0. The van der Waals surface area contributed by atoms with Crippen molar-refractivity contribution in [2.24, 2.45) is 0 Å². The van der Waals surface area contributed by atoms with Crippen molar-refractivity contribution >= 4 is 23.1 Å². The van der Waals surface area contributed by atoms with E-state index in [1.807, 2.05) is 76.2 Å². The predicted octanol–water partition coefficient (Wildman–Crippen LogP) is 5.20. The highest BCUT2D eigenvalue weighted by Gasteiger charge is 2.46. The zero-order chi connectivity index (χ0) is 27.8. The normalized spacial score (nSPS) is 17.7. The van der Waals surface area contributed by atoms with Gasteiger partial charge in [0.25, 0.3) is 11.7 Å². The molecule has 0 radical (unpaired) electrons. The predicted molar refractivity (Wildman–Crippen MR) is 148 cm³/mol. The fraction of sp³-hybridized carbons (Fsp3) is 0.290. The maximum absolute atomic E-state index is 13.5. The van der Waals surface area contributed by atoms with E-state index < -0.39 is 17.7 Å². The summed E-state index contributed by atoms with van der Waals surface area (Å²) in [5, 5.41) is 11.5. The van der Waals surface area contributed by atoms with Crippen LogP contribution in [0.4, 0.5) is 5.69 Å². The summed E-state index contributed by atoms with van der Waals surface area (Å²) < 4.78 is 16.7. The van der Waals surface area contributed by atoms with Crippen LogP contribution in [0.15, 0.2) is 66.2 Å². The molecule has 8 heteroatoms. The molecule has 202 valence electrons. The Hall–Kier alpha value is -4.46. The first kappa shape index (κ1) is 26.2. The minimum atomic E-state index is -0.779. The molecule has 1 amide bonds. The first-order valence-electron chi connectivity index (χ1n) is 12.9. The maximum atomic E-state index is 13.5. The minimum absolute atomic E-state index is 0.00483. The smallest absolute Gasteiger partial charge is 0.295 e. The molecule has 39 heavy (non-hydrogen) atoms. The largest absolute Gasteiger partial charge is 0.507 e. The molecule has 1 N–H and O–H groups in total. The lowest BCUT2D eigenvalue weighted by molar-refractivity contribution is -0.140. The van der Waals surface area contributed by atoms with Crippen molar-refractivity contribution < 1.29 is 28.9 Å². The number of hydrogen-bond acceptors (Lipinski definition) is 7. The molecular weight excluding hydrogens is 496 g/mol. The second-order valence-corrected chi connectivity index (χ2v) is 10.2. The summed E-state index contributed by atoms with van der Waals surface area (Å²) in [6.45, 7) is 6.05. The number of ether oxygens (including phenoxy) is 3. The van der Waals surface area contributed by atoms with Gasteiger partial charge < -0.3 is 29.1 Å². The van der Waals surface area contributed by atoms with Crippen LogP contribution in [-0.4, -0.2) is 48.7 Å². The number of benzene rings is 3. The lowest BCUT2D eigenvalue weighted by Gasteiger charge is -2.26. The number of aliphatic hydroxyl groups is 1. The van der Waals surface area contributed by atoms with Gasteiger partial charge in [-0.1, -0.05) is 18.2 Å². The molecule has 1 atom stereocenters. The second kappa shape index (κ2) is 10.4. The van der Waals surface area contributed by atoms with Crippen molar-refractivity contribution in [3.63, 3.8) is 0 Å². The zero-order valence-electron chi connectivity index (χ0n) is 22.7. The SMILES string of the molecule is Cc1cc(/C(O)=C2\C(=O)C(=O)N(Cc3ccc4c(c3)OCO4)C2c2ccc(N(C)C)cc2)ccc1OC(C)C. The number of nitrogens with zero attached hydrogens (tertiary/aromatic N) is 2. The van der Waals surface area contributed by atoms with Gasteiger partial charge in [0, 0.05) is 31.9 Å². The molecule has 0 aliphatic carbocycles. The average Bonchev–Trinajstić information content (AvgIpc) is 3.47. The Bertz CT molecular complexity index is 1460. The number of hydrogen-bond donors (Lipinski definition) is 1. The van der Waals surface area contributed by atoms with Crippen LogP contribution in [0.3, 0.4) is 0 Å². The van der Waals surface area contributed by atoms with E-state index in [4.69, 9.17) is 14.2 Å². The third kappa shape index (κ3) is 5.02. The number of carbonyl (C=O) groups excluding carboxylic acids is 2. The molecule has 1 unspecified atom stereocenters. The molecule has 3 aromatic rings. The quantitative estimate of drug-likeness (QED) is 0.256. The third-order valence-corrected chi connectivity index (χ3v) is 6.87. The van der Waals surface area contributed by atoms with Gasteiger partial charge in [-0.15, -0.1) is 0 Å². The summed E-state index contributed by atoms with van der Waals surface area (Å²) in [5.41, 5.74) is 3.78.